The third-order valence-corrected chi connectivity index (χ3v) is 9.79. The van der Waals surface area contributed by atoms with E-state index in [0.717, 1.165) is 43.5 Å². The molecule has 4 nitrogen and oxygen atoms in total. The van der Waals surface area contributed by atoms with Crippen LogP contribution in [0.2, 0.25) is 0 Å². The lowest BCUT2D eigenvalue weighted by atomic mass is 9.75. The lowest BCUT2D eigenvalue weighted by Crippen LogP contribution is -2.59. The van der Waals surface area contributed by atoms with Crippen LogP contribution in [0.3, 0.4) is 0 Å². The number of benzene rings is 2. The summed E-state index contributed by atoms with van der Waals surface area (Å²) in [6.07, 6.45) is 6.07. The molecule has 4 aliphatic rings. The Kier molecular flexibility index (Phi) is 6.16. The largest absolute Gasteiger partial charge is 0.598 e. The summed E-state index contributed by atoms with van der Waals surface area (Å²) in [6, 6.07) is 19.4. The van der Waals surface area contributed by atoms with Gasteiger partial charge in [-0.05, 0) is 72.8 Å². The molecule has 2 aromatic carbocycles. The number of rotatable bonds is 8. The number of likely N-dealkylation sites (tertiary alicyclic amines) is 1. The number of anilines is 1. The molecule has 2 saturated heterocycles. The number of aryl methyl sites for hydroxylation is 1. The smallest absolute Gasteiger partial charge is 0.125 e. The van der Waals surface area contributed by atoms with Gasteiger partial charge in [-0.3, -0.25) is 4.90 Å². The number of piperidine rings is 1. The van der Waals surface area contributed by atoms with Crippen LogP contribution in [0, 0.1) is 11.8 Å². The highest BCUT2D eigenvalue weighted by atomic mass is 32.2. The summed E-state index contributed by atoms with van der Waals surface area (Å²) in [4.78, 5) is 5.30. The molecule has 0 radical (unpaired) electrons. The van der Waals surface area contributed by atoms with Crippen molar-refractivity contribution in [3.05, 3.63) is 65.2 Å². The molecule has 2 aromatic rings. The summed E-state index contributed by atoms with van der Waals surface area (Å²) < 4.78 is 15.4. The molecule has 5 heteroatoms. The number of nitrogens with one attached hydrogen (secondary N) is 1. The zero-order valence-electron chi connectivity index (χ0n) is 19.8. The van der Waals surface area contributed by atoms with Crippen molar-refractivity contribution >= 4 is 17.0 Å². The highest BCUT2D eigenvalue weighted by molar-refractivity contribution is 7.89. The Labute approximate surface area is 202 Å². The monoisotopic (exact) mass is 463 g/mol. The van der Waals surface area contributed by atoms with Crippen molar-refractivity contribution in [2.24, 2.45) is 11.8 Å². The zero-order chi connectivity index (χ0) is 22.4. The average Bonchev–Trinajstić information content (AvgIpc) is 3.41. The predicted molar refractivity (Wildman–Crippen MR) is 137 cm³/mol. The number of hydrogen-bond acceptors (Lipinski definition) is 4. The Balaban J connectivity index is 1.22. The van der Waals surface area contributed by atoms with E-state index in [-0.39, 0.29) is 0 Å². The van der Waals surface area contributed by atoms with E-state index in [9.17, 15) is 4.55 Å². The molecule has 5 unspecified atom stereocenters. The topological polar surface area (TPSA) is 41.6 Å². The van der Waals surface area contributed by atoms with Crippen LogP contribution < -0.4 is 9.62 Å². The third kappa shape index (κ3) is 4.58. The highest BCUT2D eigenvalue weighted by Gasteiger charge is 2.48. The van der Waals surface area contributed by atoms with E-state index in [1.807, 2.05) is 0 Å². The quantitative estimate of drug-likeness (QED) is 0.598. The Morgan fingerprint density at radius 2 is 1.82 bits per heavy atom. The zero-order valence-corrected chi connectivity index (χ0v) is 20.6. The molecule has 0 bridgehead atoms. The van der Waals surface area contributed by atoms with E-state index < -0.39 is 11.4 Å². The van der Waals surface area contributed by atoms with Gasteiger partial charge in [-0.2, -0.15) is 0 Å². The fraction of sp³-hybridized carbons (Fsp3) is 0.571. The van der Waals surface area contributed by atoms with Crippen LogP contribution in [0.4, 0.5) is 5.69 Å². The van der Waals surface area contributed by atoms with Crippen molar-refractivity contribution in [2.75, 3.05) is 36.8 Å². The normalized spacial score (nSPS) is 29.9. The van der Waals surface area contributed by atoms with E-state index in [2.05, 4.69) is 70.0 Å². The summed E-state index contributed by atoms with van der Waals surface area (Å²) in [6.45, 7) is 6.64. The molecule has 2 heterocycles. The Morgan fingerprint density at radius 3 is 2.58 bits per heavy atom. The van der Waals surface area contributed by atoms with Gasteiger partial charge in [-0.25, -0.2) is 0 Å². The summed E-state index contributed by atoms with van der Waals surface area (Å²) in [5.74, 6) is 3.29. The second-order valence-corrected chi connectivity index (χ2v) is 12.1. The van der Waals surface area contributed by atoms with E-state index in [1.165, 1.54) is 43.6 Å². The van der Waals surface area contributed by atoms with Crippen LogP contribution in [0.1, 0.15) is 48.8 Å². The molecule has 176 valence electrons. The first-order chi connectivity index (χ1) is 16.2. The molecule has 0 amide bonds. The summed E-state index contributed by atoms with van der Waals surface area (Å²) in [5, 5.41) is 0. The van der Waals surface area contributed by atoms with Gasteiger partial charge in [-0.15, -0.1) is 4.72 Å². The molecule has 6 rings (SSSR count). The lowest BCUT2D eigenvalue weighted by Gasteiger charge is -2.43. The molecule has 0 spiro atoms. The fourth-order valence-electron chi connectivity index (χ4n) is 6.51. The molecule has 2 aliphatic heterocycles. The van der Waals surface area contributed by atoms with Gasteiger partial charge in [0.05, 0.1) is 6.04 Å². The Hall–Kier alpha value is -1.53. The first-order valence-electron chi connectivity index (χ1n) is 13.0. The summed E-state index contributed by atoms with van der Waals surface area (Å²) >= 11 is -0.888. The third-order valence-electron chi connectivity index (χ3n) is 8.41. The number of nitrogens with zero attached hydrogens (tertiary/aromatic N) is 2. The van der Waals surface area contributed by atoms with Gasteiger partial charge in [0, 0.05) is 55.2 Å². The maximum absolute atomic E-state index is 12.1. The SMILES string of the molecule is CCC[S+]([O-])NC1CN(c2ccc3c(c2)C(Cc2ccccc2)C(N2CC4CC4C2)CC3)C1. The minimum Gasteiger partial charge on any atom is -0.598 e. The van der Waals surface area contributed by atoms with Gasteiger partial charge >= 0.3 is 0 Å². The molecule has 3 fully saturated rings. The Bertz CT molecular complexity index is 953. The molecule has 0 aromatic heterocycles. The van der Waals surface area contributed by atoms with Gasteiger partial charge in [-0.1, -0.05) is 43.3 Å². The predicted octanol–water partition coefficient (Wildman–Crippen LogP) is 4.13. The van der Waals surface area contributed by atoms with Gasteiger partial charge in [0.25, 0.3) is 0 Å². The summed E-state index contributed by atoms with van der Waals surface area (Å²) in [7, 11) is 0. The van der Waals surface area contributed by atoms with Crippen molar-refractivity contribution in [3.8, 4) is 0 Å². The first-order valence-corrected chi connectivity index (χ1v) is 14.3. The maximum atomic E-state index is 12.1. The van der Waals surface area contributed by atoms with Crippen LogP contribution in [0.25, 0.3) is 0 Å². The van der Waals surface area contributed by atoms with E-state index in [1.54, 1.807) is 11.1 Å². The van der Waals surface area contributed by atoms with Crippen LogP contribution in [0.5, 0.6) is 0 Å². The van der Waals surface area contributed by atoms with Crippen LogP contribution in [0.15, 0.2) is 48.5 Å². The fourth-order valence-corrected chi connectivity index (χ4v) is 7.52. The van der Waals surface area contributed by atoms with E-state index in [0.29, 0.717) is 18.0 Å². The number of fused-ring (bicyclic) bond motifs is 2. The van der Waals surface area contributed by atoms with Gasteiger partial charge in [0.1, 0.15) is 5.75 Å². The maximum Gasteiger partial charge on any atom is 0.125 e. The van der Waals surface area contributed by atoms with Gasteiger partial charge in [0.2, 0.25) is 0 Å². The molecule has 2 aliphatic carbocycles. The van der Waals surface area contributed by atoms with E-state index >= 15 is 0 Å². The molecule has 5 atom stereocenters. The minimum atomic E-state index is -0.888. The van der Waals surface area contributed by atoms with Gasteiger partial charge in [0.15, 0.2) is 0 Å². The molecule has 1 N–H and O–H groups in total. The van der Waals surface area contributed by atoms with Crippen molar-refractivity contribution in [2.45, 2.75) is 57.0 Å². The van der Waals surface area contributed by atoms with Crippen molar-refractivity contribution in [1.82, 2.24) is 9.62 Å². The average molecular weight is 464 g/mol. The summed E-state index contributed by atoms with van der Waals surface area (Å²) in [5.41, 5.74) is 5.94. The second kappa shape index (κ2) is 9.26. The van der Waals surface area contributed by atoms with Crippen LogP contribution in [-0.4, -0.2) is 53.5 Å². The number of hydrogen-bond donors (Lipinski definition) is 1. The van der Waals surface area contributed by atoms with E-state index in [4.69, 9.17) is 0 Å². The minimum absolute atomic E-state index is 0.345. The molecule has 33 heavy (non-hydrogen) atoms. The second-order valence-electron chi connectivity index (χ2n) is 10.8. The molecular formula is C28H37N3OS. The highest BCUT2D eigenvalue weighted by Crippen LogP contribution is 2.49. The van der Waals surface area contributed by atoms with Gasteiger partial charge < -0.3 is 9.45 Å². The molecular weight excluding hydrogens is 426 g/mol. The standard InChI is InChI=1S/C28H37N3OS/c1-2-12-33(32)29-24-18-30(19-24)25-10-8-21-9-11-28(31-16-22-14-23(22)17-31)27(26(21)15-25)13-20-6-4-3-5-7-20/h3-8,10,15,22-24,27-29H,2,9,11-14,16-19H2,1H3. The first kappa shape index (κ1) is 22.0. The van der Waals surface area contributed by atoms with Crippen molar-refractivity contribution < 1.29 is 4.55 Å². The van der Waals surface area contributed by atoms with Crippen LogP contribution in [-0.2, 0) is 24.2 Å². The Morgan fingerprint density at radius 1 is 1.03 bits per heavy atom. The van der Waals surface area contributed by atoms with Crippen LogP contribution >= 0.6 is 0 Å². The van der Waals surface area contributed by atoms with Crippen molar-refractivity contribution in [3.63, 3.8) is 0 Å². The molecule has 1 saturated carbocycles. The lowest BCUT2D eigenvalue weighted by molar-refractivity contribution is 0.171. The van der Waals surface area contributed by atoms with Crippen molar-refractivity contribution in [1.29, 1.82) is 0 Å².